The minimum absolute atomic E-state index is 0.339. The molecule has 2 heterocycles. The number of benzene rings is 1. The van der Waals surface area contributed by atoms with E-state index in [2.05, 4.69) is 21.6 Å². The van der Waals surface area contributed by atoms with Crippen molar-refractivity contribution in [3.05, 3.63) is 54.9 Å². The van der Waals surface area contributed by atoms with E-state index in [1.807, 2.05) is 52.0 Å². The quantitative estimate of drug-likeness (QED) is 0.392. The molecule has 0 aliphatic carbocycles. The second-order valence-corrected chi connectivity index (χ2v) is 8.06. The largest absolute Gasteiger partial charge is 0.475 e. The van der Waals surface area contributed by atoms with Crippen LogP contribution in [0, 0.1) is 0 Å². The second-order valence-electron chi connectivity index (χ2n) is 8.06. The van der Waals surface area contributed by atoms with Gasteiger partial charge in [-0.05, 0) is 45.7 Å². The lowest BCUT2D eigenvalue weighted by Crippen LogP contribution is -2.36. The average Bonchev–Trinajstić information content (AvgIpc) is 3.20. The Bertz CT molecular complexity index is 1050. The molecule has 0 saturated carbocycles. The number of hydrogen-bond acceptors (Lipinski definition) is 6. The van der Waals surface area contributed by atoms with Crippen molar-refractivity contribution < 1.29 is 14.3 Å². The molecule has 0 spiro atoms. The summed E-state index contributed by atoms with van der Waals surface area (Å²) in [6.45, 7) is 12.6. The molecule has 0 aliphatic rings. The van der Waals surface area contributed by atoms with Crippen molar-refractivity contribution in [3.8, 4) is 17.3 Å². The maximum atomic E-state index is 12.5. The van der Waals surface area contributed by atoms with Crippen LogP contribution in [0.5, 0.6) is 5.88 Å². The van der Waals surface area contributed by atoms with Gasteiger partial charge < -0.3 is 14.4 Å². The summed E-state index contributed by atoms with van der Waals surface area (Å²) < 4.78 is 13.0. The van der Waals surface area contributed by atoms with Gasteiger partial charge in [0.25, 0.3) is 5.88 Å². The first-order valence-electron chi connectivity index (χ1n) is 10.3. The topological polar surface area (TPSA) is 81.8 Å². The molecule has 31 heavy (non-hydrogen) atoms. The van der Waals surface area contributed by atoms with E-state index >= 15 is 0 Å². The van der Waals surface area contributed by atoms with Crippen LogP contribution in [0.1, 0.15) is 39.7 Å². The molecule has 0 bridgehead atoms. The lowest BCUT2D eigenvalue weighted by molar-refractivity contribution is 0.0244. The second kappa shape index (κ2) is 9.59. The molecular formula is C23H29N5O3. The smallest absolute Gasteiger partial charge is 0.410 e. The van der Waals surface area contributed by atoms with Crippen molar-refractivity contribution in [3.63, 3.8) is 0 Å². The summed E-state index contributed by atoms with van der Waals surface area (Å²) in [6.07, 6.45) is 5.57. The standard InChI is InChI=1S/C23H29N5O3/c1-6-8-14-30-21-20-24-12-13-28(20)26-19(25-21)18-11-9-10-17(15-18)16-27(7-2)22(29)31-23(3,4)5/h6,9-13,15H,1,7-8,14,16H2,2-5H3. The third-order valence-corrected chi connectivity index (χ3v) is 4.38. The minimum atomic E-state index is -0.539. The fourth-order valence-electron chi connectivity index (χ4n) is 2.92. The number of hydrogen-bond donors (Lipinski definition) is 0. The first-order valence-corrected chi connectivity index (χ1v) is 10.3. The molecule has 0 aliphatic heterocycles. The number of ether oxygens (including phenoxy) is 2. The average molecular weight is 424 g/mol. The van der Waals surface area contributed by atoms with E-state index in [9.17, 15) is 4.79 Å². The van der Waals surface area contributed by atoms with Crippen LogP contribution in [-0.4, -0.2) is 49.3 Å². The molecule has 0 radical (unpaired) electrons. The highest BCUT2D eigenvalue weighted by Crippen LogP contribution is 2.23. The lowest BCUT2D eigenvalue weighted by Gasteiger charge is -2.26. The number of carbonyl (C=O) groups excluding carboxylic acids is 1. The van der Waals surface area contributed by atoms with E-state index in [0.717, 1.165) is 11.1 Å². The molecule has 164 valence electrons. The van der Waals surface area contributed by atoms with Crippen LogP contribution in [0.25, 0.3) is 17.0 Å². The number of amides is 1. The molecule has 0 fully saturated rings. The van der Waals surface area contributed by atoms with Gasteiger partial charge in [-0.15, -0.1) is 11.7 Å². The fourth-order valence-corrected chi connectivity index (χ4v) is 2.92. The van der Waals surface area contributed by atoms with Crippen molar-refractivity contribution in [2.45, 2.75) is 46.3 Å². The third kappa shape index (κ3) is 5.81. The molecule has 0 atom stereocenters. The number of nitrogens with zero attached hydrogens (tertiary/aromatic N) is 5. The van der Waals surface area contributed by atoms with E-state index in [-0.39, 0.29) is 6.09 Å². The molecule has 1 aromatic carbocycles. The van der Waals surface area contributed by atoms with Gasteiger partial charge in [0.2, 0.25) is 5.65 Å². The Morgan fingerprint density at radius 1 is 1.32 bits per heavy atom. The Balaban J connectivity index is 1.86. The van der Waals surface area contributed by atoms with Gasteiger partial charge in [0.1, 0.15) is 5.60 Å². The monoisotopic (exact) mass is 423 g/mol. The van der Waals surface area contributed by atoms with E-state index in [4.69, 9.17) is 9.47 Å². The SMILES string of the molecule is C=CCCOc1nc(-c2cccc(CN(CC)C(=O)OC(C)(C)C)c2)nn2ccnc12. The van der Waals surface area contributed by atoms with Gasteiger partial charge in [0.15, 0.2) is 5.82 Å². The number of imidazole rings is 1. The summed E-state index contributed by atoms with van der Waals surface area (Å²) in [5, 5.41) is 4.56. The van der Waals surface area contributed by atoms with Gasteiger partial charge >= 0.3 is 6.09 Å². The Morgan fingerprint density at radius 2 is 2.13 bits per heavy atom. The van der Waals surface area contributed by atoms with Gasteiger partial charge in [-0.25, -0.2) is 14.3 Å². The third-order valence-electron chi connectivity index (χ3n) is 4.38. The highest BCUT2D eigenvalue weighted by atomic mass is 16.6. The molecule has 8 nitrogen and oxygen atoms in total. The van der Waals surface area contributed by atoms with E-state index in [1.54, 1.807) is 27.9 Å². The molecule has 0 saturated heterocycles. The van der Waals surface area contributed by atoms with Gasteiger partial charge in [0.05, 0.1) is 6.61 Å². The normalized spacial score (nSPS) is 11.4. The first kappa shape index (κ1) is 22.3. The lowest BCUT2D eigenvalue weighted by atomic mass is 10.1. The van der Waals surface area contributed by atoms with E-state index in [0.29, 0.717) is 43.5 Å². The van der Waals surface area contributed by atoms with Crippen LogP contribution in [0.3, 0.4) is 0 Å². The van der Waals surface area contributed by atoms with Crippen molar-refractivity contribution in [1.29, 1.82) is 0 Å². The van der Waals surface area contributed by atoms with Crippen molar-refractivity contribution >= 4 is 11.7 Å². The van der Waals surface area contributed by atoms with Crippen LogP contribution < -0.4 is 4.74 Å². The Hall–Kier alpha value is -3.42. The fraction of sp³-hybridized carbons (Fsp3) is 0.391. The molecule has 3 rings (SSSR count). The zero-order chi connectivity index (χ0) is 22.4. The van der Waals surface area contributed by atoms with Crippen LogP contribution in [0.15, 0.2) is 49.3 Å². The van der Waals surface area contributed by atoms with Crippen LogP contribution in [0.4, 0.5) is 4.79 Å². The maximum Gasteiger partial charge on any atom is 0.410 e. The number of fused-ring (bicyclic) bond motifs is 1. The predicted octanol–water partition coefficient (Wildman–Crippen LogP) is 4.50. The van der Waals surface area contributed by atoms with E-state index in [1.165, 1.54) is 0 Å². The van der Waals surface area contributed by atoms with Crippen LogP contribution in [-0.2, 0) is 11.3 Å². The Labute approximate surface area is 182 Å². The highest BCUT2D eigenvalue weighted by molar-refractivity contribution is 5.68. The maximum absolute atomic E-state index is 12.5. The van der Waals surface area contributed by atoms with Gasteiger partial charge in [0, 0.05) is 31.0 Å². The summed E-state index contributed by atoms with van der Waals surface area (Å²) in [6, 6.07) is 7.79. The molecule has 3 aromatic rings. The zero-order valence-corrected chi connectivity index (χ0v) is 18.5. The number of carbonyl (C=O) groups is 1. The van der Waals surface area contributed by atoms with Gasteiger partial charge in [-0.2, -0.15) is 4.98 Å². The minimum Gasteiger partial charge on any atom is -0.475 e. The Kier molecular flexibility index (Phi) is 6.89. The molecule has 0 unspecified atom stereocenters. The number of aromatic nitrogens is 4. The van der Waals surface area contributed by atoms with Crippen molar-refractivity contribution in [2.24, 2.45) is 0 Å². The summed E-state index contributed by atoms with van der Waals surface area (Å²) >= 11 is 0. The predicted molar refractivity (Wildman–Crippen MR) is 119 cm³/mol. The zero-order valence-electron chi connectivity index (χ0n) is 18.5. The summed E-state index contributed by atoms with van der Waals surface area (Å²) in [5.41, 5.74) is 1.80. The summed E-state index contributed by atoms with van der Waals surface area (Å²) in [5.74, 6) is 0.937. The number of rotatable bonds is 8. The van der Waals surface area contributed by atoms with Gasteiger partial charge in [-0.1, -0.05) is 24.3 Å². The molecular weight excluding hydrogens is 394 g/mol. The molecule has 8 heteroatoms. The van der Waals surface area contributed by atoms with Crippen LogP contribution in [0.2, 0.25) is 0 Å². The van der Waals surface area contributed by atoms with Crippen molar-refractivity contribution in [1.82, 2.24) is 24.5 Å². The van der Waals surface area contributed by atoms with Crippen molar-refractivity contribution in [2.75, 3.05) is 13.2 Å². The van der Waals surface area contributed by atoms with Crippen LogP contribution >= 0.6 is 0 Å². The summed E-state index contributed by atoms with van der Waals surface area (Å²) in [7, 11) is 0. The Morgan fingerprint density at radius 3 is 2.84 bits per heavy atom. The molecule has 2 aromatic heterocycles. The summed E-state index contributed by atoms with van der Waals surface area (Å²) in [4.78, 5) is 23.0. The van der Waals surface area contributed by atoms with Gasteiger partial charge in [-0.3, -0.25) is 0 Å². The first-order chi connectivity index (χ1) is 14.8. The molecule has 1 amide bonds. The highest BCUT2D eigenvalue weighted by Gasteiger charge is 2.21. The van der Waals surface area contributed by atoms with E-state index < -0.39 is 5.60 Å². The molecule has 0 N–H and O–H groups in total.